The van der Waals surface area contributed by atoms with Crippen LogP contribution in [0.15, 0.2) is 121 Å². The van der Waals surface area contributed by atoms with E-state index in [0.29, 0.717) is 37.9 Å². The van der Waals surface area contributed by atoms with Crippen molar-refractivity contribution < 1.29 is 54.7 Å². The fraction of sp³-hybridized carbons (Fsp3) is 0.367. The third-order valence-corrected chi connectivity index (χ3v) is 17.2. The van der Waals surface area contributed by atoms with E-state index in [4.69, 9.17) is 9.84 Å². The fourth-order valence-corrected chi connectivity index (χ4v) is 12.8. The fourth-order valence-electron chi connectivity index (χ4n) is 12.8. The van der Waals surface area contributed by atoms with E-state index in [2.05, 4.69) is 60.9 Å². The average Bonchev–Trinajstić information content (AvgIpc) is 4.27. The van der Waals surface area contributed by atoms with Crippen molar-refractivity contribution in [3.8, 4) is 17.1 Å². The molecule has 77 heavy (non-hydrogen) atoms. The van der Waals surface area contributed by atoms with Crippen LogP contribution in [0.1, 0.15) is 119 Å². The molecule has 4 fully saturated rings. The molecule has 3 radical (unpaired) electrons. The number of ketones is 1. The Kier molecular flexibility index (Phi) is 17.6. The van der Waals surface area contributed by atoms with Crippen LogP contribution < -0.4 is 17.0 Å². The van der Waals surface area contributed by atoms with Gasteiger partial charge in [0.15, 0.2) is 0 Å². The molecule has 11 nitrogen and oxygen atoms in total. The first-order chi connectivity index (χ1) is 35.5. The maximum Gasteiger partial charge on any atom is 2.00 e. The minimum atomic E-state index is -0.781. The molecule has 0 amide bonds. The van der Waals surface area contributed by atoms with E-state index in [-0.39, 0.29) is 100 Å². The number of hydrogen-bond acceptors (Lipinski definition) is 8. The predicted molar refractivity (Wildman–Crippen MR) is 289 cm³/mol. The number of halogens is 4. The van der Waals surface area contributed by atoms with Crippen LogP contribution in [-0.2, 0) is 33.6 Å². The van der Waals surface area contributed by atoms with Crippen LogP contribution in [-0.4, -0.2) is 101 Å². The standard InChI is InChI=1S/C20H19FN2O2.C20H23FN2O2.C17H15FN2O.C3H5.B.BrH.Mg/c1-19-11-13-12-22-23(16-4-2-15(21)3-5-16)17(13)10-14(19)6-8-20(19)9-7-18(24)25-20;1-19-12-14-13-22-23(17-5-3-16(21)4-6-17)18(14)11-15(19)7-9-20(19,25)8-2-10-24;1-17-9-11-10-19-20(14-5-3-13(18)4-6-14)15(11)8-12(17)2-7-16(17)21;1-3-2;;;/h2-5,10,12H,6-9,11H2,1H3;3-6,11,13,24-25H,2,7-10,12H2,1H3;3-6,8,10H,2,7,9H2,1H3;3H,1-2H2;;1H;/q;;;-1;;;+2/p-1/t19-,20+;19-,20-;17-;;;;/m000..../s1. The number of aromatic nitrogens is 6. The first-order valence-corrected chi connectivity index (χ1v) is 25.6. The van der Waals surface area contributed by atoms with Gasteiger partial charge >= 0.3 is 29.0 Å². The van der Waals surface area contributed by atoms with Crippen molar-refractivity contribution in [2.45, 2.75) is 115 Å². The Morgan fingerprint density at radius 3 is 1.48 bits per heavy atom. The minimum absolute atomic E-state index is 0. The van der Waals surface area contributed by atoms with Crippen molar-refractivity contribution in [2.24, 2.45) is 16.2 Å². The van der Waals surface area contributed by atoms with Crippen LogP contribution in [0.2, 0.25) is 0 Å². The van der Waals surface area contributed by atoms with Crippen molar-refractivity contribution in [1.82, 2.24) is 29.3 Å². The van der Waals surface area contributed by atoms with Crippen LogP contribution in [0.3, 0.4) is 0 Å². The molecule has 1 aliphatic heterocycles. The van der Waals surface area contributed by atoms with Crippen LogP contribution >= 0.6 is 0 Å². The van der Waals surface area contributed by atoms with Crippen molar-refractivity contribution in [2.75, 3.05) is 6.61 Å². The minimum Gasteiger partial charge on any atom is -1.00 e. The van der Waals surface area contributed by atoms with Crippen LogP contribution in [0, 0.1) is 40.6 Å². The zero-order valence-corrected chi connectivity index (χ0v) is 46.9. The maximum absolute atomic E-state index is 13.2. The number of benzene rings is 3. The van der Waals surface area contributed by atoms with Crippen LogP contribution in [0.25, 0.3) is 35.3 Å². The second-order valence-electron chi connectivity index (χ2n) is 21.4. The molecule has 0 unspecified atom stereocenters. The summed E-state index contributed by atoms with van der Waals surface area (Å²) < 4.78 is 50.8. The van der Waals surface area contributed by atoms with Gasteiger partial charge < -0.3 is 31.9 Å². The predicted octanol–water partition coefficient (Wildman–Crippen LogP) is 7.65. The second-order valence-corrected chi connectivity index (χ2v) is 21.4. The Bertz CT molecular complexity index is 3260. The third-order valence-electron chi connectivity index (χ3n) is 17.2. The molecule has 6 aliphatic carbocycles. The SMILES string of the molecule is C=C[CH2-].C[C@]12Cc3cnn(-c4ccc(F)cc4)c3C=C1CCC2=O.C[C@]12Cc3cnn(-c4ccc(F)cc4)c3C=C1CC[C@@]2(O)CCCO.C[C@]12Cc3cnn(-c4ccc(F)cc4)c3C=C1CC[C@@]21CCC(=O)O1.[B].[Br-].[Mg+2]. The molecule has 3 saturated carbocycles. The van der Waals surface area contributed by atoms with Gasteiger partial charge in [0.1, 0.15) is 28.8 Å². The summed E-state index contributed by atoms with van der Waals surface area (Å²) in [7, 11) is 0. The number of fused-ring (bicyclic) bond motifs is 7. The van der Waals surface area contributed by atoms with E-state index >= 15 is 0 Å². The maximum atomic E-state index is 13.2. The van der Waals surface area contributed by atoms with Gasteiger partial charge in [-0.25, -0.2) is 46.8 Å². The molecular weight excluding hydrogens is 1060 g/mol. The monoisotopic (exact) mass is 1120 g/mol. The molecule has 6 aromatic rings. The van der Waals surface area contributed by atoms with E-state index in [9.17, 15) is 27.9 Å². The largest absolute Gasteiger partial charge is 2.00 e. The summed E-state index contributed by atoms with van der Waals surface area (Å²) in [6.07, 6.45) is 23.2. The zero-order chi connectivity index (χ0) is 52.2. The summed E-state index contributed by atoms with van der Waals surface area (Å²) in [5, 5.41) is 33.8. The van der Waals surface area contributed by atoms with Gasteiger partial charge in [-0.1, -0.05) is 30.6 Å². The summed E-state index contributed by atoms with van der Waals surface area (Å²) >= 11 is 0. The summed E-state index contributed by atoms with van der Waals surface area (Å²) in [5.74, 6) is -0.520. The Morgan fingerprint density at radius 2 is 1.04 bits per heavy atom. The first kappa shape index (κ1) is 59.0. The molecular formula is C60H62BBrF3MgN6O5. The summed E-state index contributed by atoms with van der Waals surface area (Å²) in [5.41, 5.74) is 10.8. The van der Waals surface area contributed by atoms with Crippen LogP contribution in [0.5, 0.6) is 0 Å². The molecule has 17 heteroatoms. The quantitative estimate of drug-likeness (QED) is 0.0987. The molecule has 13 rings (SSSR count). The van der Waals surface area contributed by atoms with E-state index in [1.54, 1.807) is 36.4 Å². The number of nitrogens with zero attached hydrogens (tertiary/aromatic N) is 6. The third kappa shape index (κ3) is 10.4. The van der Waals surface area contributed by atoms with Crippen molar-refractivity contribution in [3.63, 3.8) is 0 Å². The van der Waals surface area contributed by atoms with Crippen LogP contribution in [0.4, 0.5) is 13.2 Å². The van der Waals surface area contributed by atoms with Gasteiger partial charge in [0, 0.05) is 38.7 Å². The number of rotatable bonds is 6. The number of aliphatic hydroxyl groups excluding tert-OH is 1. The van der Waals surface area contributed by atoms with Gasteiger partial charge in [-0.2, -0.15) is 15.3 Å². The smallest absolute Gasteiger partial charge is 1.00 e. The number of ether oxygens (including phenoxy) is 1. The molecule has 3 aromatic heterocycles. The summed E-state index contributed by atoms with van der Waals surface area (Å²) in [6, 6.07) is 19.0. The van der Waals surface area contributed by atoms with Gasteiger partial charge in [-0.05, 0) is 185 Å². The molecule has 7 aliphatic rings. The van der Waals surface area contributed by atoms with E-state index < -0.39 is 5.60 Å². The normalized spacial score (nSPS) is 25.4. The average molecular weight is 1120 g/mol. The number of carbonyl (C=O) groups excluding carboxylic acids is 2. The second kappa shape index (κ2) is 22.9. The zero-order valence-electron chi connectivity index (χ0n) is 43.9. The van der Waals surface area contributed by atoms with Crippen molar-refractivity contribution in [1.29, 1.82) is 0 Å². The molecule has 2 N–H and O–H groups in total. The van der Waals surface area contributed by atoms with E-state index in [1.165, 1.54) is 59.2 Å². The summed E-state index contributed by atoms with van der Waals surface area (Å²) in [6.45, 7) is 13.0. The molecule has 395 valence electrons. The van der Waals surface area contributed by atoms with Gasteiger partial charge in [-0.15, -0.1) is 0 Å². The first-order valence-electron chi connectivity index (χ1n) is 25.6. The number of aliphatic hydroxyl groups is 2. The molecule has 1 spiro atoms. The number of esters is 1. The van der Waals surface area contributed by atoms with Gasteiger partial charge in [-0.3, -0.25) is 9.59 Å². The molecule has 4 heterocycles. The number of Topliss-reactive ketones (excluding diaryl/α,β-unsaturated/α-hetero) is 1. The Balaban J connectivity index is 0.000000161. The Hall–Kier alpha value is -5.72. The van der Waals surface area contributed by atoms with Crippen molar-refractivity contribution in [3.05, 3.63) is 179 Å². The van der Waals surface area contributed by atoms with E-state index in [0.717, 1.165) is 102 Å². The Labute approximate surface area is 476 Å². The van der Waals surface area contributed by atoms with E-state index in [1.807, 2.05) is 39.6 Å². The van der Waals surface area contributed by atoms with Gasteiger partial charge in [0.25, 0.3) is 0 Å². The Morgan fingerprint density at radius 1 is 0.636 bits per heavy atom. The molecule has 0 bridgehead atoms. The topological polar surface area (TPSA) is 137 Å². The van der Waals surface area contributed by atoms with Gasteiger partial charge in [0.2, 0.25) is 0 Å². The molecule has 1 saturated heterocycles. The molecule has 5 atom stereocenters. The number of carbonyl (C=O) groups is 2. The van der Waals surface area contributed by atoms with Gasteiger partial charge in [0.05, 0.1) is 63.8 Å². The van der Waals surface area contributed by atoms with Crippen molar-refractivity contribution >= 4 is 61.4 Å². The molecule has 3 aromatic carbocycles. The summed E-state index contributed by atoms with van der Waals surface area (Å²) in [4.78, 5) is 23.9. The number of hydrogen-bond donors (Lipinski definition) is 2. The number of allylic oxidation sites excluding steroid dienone is 2.